The number of fused-ring (bicyclic) bond motifs is 2. The maximum absolute atomic E-state index is 11.8. The predicted molar refractivity (Wildman–Crippen MR) is 93.5 cm³/mol. The van der Waals surface area contributed by atoms with Gasteiger partial charge in [-0.2, -0.15) is 0 Å². The monoisotopic (exact) mass is 331 g/mol. The minimum Gasteiger partial charge on any atom is -0.368 e. The van der Waals surface area contributed by atoms with Crippen LogP contribution in [0.3, 0.4) is 0 Å². The first-order valence-electron chi connectivity index (χ1n) is 8.99. The summed E-state index contributed by atoms with van der Waals surface area (Å²) in [5, 5.41) is 0. The summed E-state index contributed by atoms with van der Waals surface area (Å²) in [4.78, 5) is 20.6. The second-order valence-corrected chi connectivity index (χ2v) is 7.48. The van der Waals surface area contributed by atoms with Gasteiger partial charge in [0.1, 0.15) is 6.61 Å². The first-order chi connectivity index (χ1) is 11.5. The predicted octanol–water partition coefficient (Wildman–Crippen LogP) is 2.10. The van der Waals surface area contributed by atoms with E-state index < -0.39 is 0 Å². The van der Waals surface area contributed by atoms with Crippen molar-refractivity contribution in [2.75, 3.05) is 33.8 Å². The van der Waals surface area contributed by atoms with E-state index in [0.29, 0.717) is 11.8 Å². The van der Waals surface area contributed by atoms with Gasteiger partial charge in [0, 0.05) is 39.4 Å². The molecule has 2 fully saturated rings. The summed E-state index contributed by atoms with van der Waals surface area (Å²) in [5.41, 5.74) is 2.23. The summed E-state index contributed by atoms with van der Waals surface area (Å²) in [6.45, 7) is 5.27. The molecular formula is C19H29N3O2. The van der Waals surface area contributed by atoms with Crippen molar-refractivity contribution >= 4 is 5.91 Å². The van der Waals surface area contributed by atoms with Gasteiger partial charge in [0.25, 0.3) is 0 Å². The molecule has 2 aliphatic rings. The van der Waals surface area contributed by atoms with Gasteiger partial charge in [-0.25, -0.2) is 0 Å². The van der Waals surface area contributed by atoms with Crippen LogP contribution in [-0.2, 0) is 16.1 Å². The number of pyridine rings is 1. The Bertz CT molecular complexity index is 561. The SMILES string of the molecule is Cc1cccc(CN2CC3CCCC(C2)C3OCC(=O)N(C)C)n1. The van der Waals surface area contributed by atoms with E-state index in [1.54, 1.807) is 19.0 Å². The third-order valence-electron chi connectivity index (χ3n) is 5.29. The number of hydrogen-bond donors (Lipinski definition) is 0. The molecule has 3 rings (SSSR count). The Balaban J connectivity index is 1.59. The normalized spacial score (nSPS) is 27.0. The van der Waals surface area contributed by atoms with Gasteiger partial charge in [0.2, 0.25) is 5.91 Å². The molecule has 2 atom stereocenters. The Morgan fingerprint density at radius 3 is 2.62 bits per heavy atom. The van der Waals surface area contributed by atoms with Gasteiger partial charge in [-0.15, -0.1) is 0 Å². The number of carbonyl (C=O) groups is 1. The number of carbonyl (C=O) groups excluding carboxylic acids is 1. The fourth-order valence-electron chi connectivity index (χ4n) is 4.10. The molecule has 1 aromatic rings. The molecule has 1 aromatic heterocycles. The van der Waals surface area contributed by atoms with Gasteiger partial charge in [0.15, 0.2) is 0 Å². The summed E-state index contributed by atoms with van der Waals surface area (Å²) >= 11 is 0. The number of hydrogen-bond acceptors (Lipinski definition) is 4. The van der Waals surface area contributed by atoms with Gasteiger partial charge in [0.05, 0.1) is 11.8 Å². The van der Waals surface area contributed by atoms with E-state index in [2.05, 4.69) is 22.0 Å². The van der Waals surface area contributed by atoms with E-state index in [9.17, 15) is 4.79 Å². The van der Waals surface area contributed by atoms with Crippen molar-refractivity contribution in [1.82, 2.24) is 14.8 Å². The Hall–Kier alpha value is -1.46. The molecule has 1 saturated carbocycles. The molecule has 0 aromatic carbocycles. The molecule has 1 aliphatic carbocycles. The van der Waals surface area contributed by atoms with Crippen LogP contribution >= 0.6 is 0 Å². The average Bonchev–Trinajstić information content (AvgIpc) is 2.52. The number of rotatable bonds is 5. The zero-order chi connectivity index (χ0) is 17.1. The van der Waals surface area contributed by atoms with Crippen LogP contribution in [-0.4, -0.2) is 60.6 Å². The maximum atomic E-state index is 11.8. The van der Waals surface area contributed by atoms with Crippen LogP contribution in [0, 0.1) is 18.8 Å². The molecule has 1 aliphatic heterocycles. The molecule has 2 heterocycles. The maximum Gasteiger partial charge on any atom is 0.248 e. The summed E-state index contributed by atoms with van der Waals surface area (Å²) < 4.78 is 6.06. The van der Waals surface area contributed by atoms with Crippen LogP contribution in [0.15, 0.2) is 18.2 Å². The zero-order valence-electron chi connectivity index (χ0n) is 15.1. The molecule has 5 nitrogen and oxygen atoms in total. The summed E-state index contributed by atoms with van der Waals surface area (Å²) in [5.74, 6) is 1.13. The third kappa shape index (κ3) is 4.14. The van der Waals surface area contributed by atoms with Crippen molar-refractivity contribution in [3.8, 4) is 0 Å². The van der Waals surface area contributed by atoms with Gasteiger partial charge in [-0.05, 0) is 43.7 Å². The number of aromatic nitrogens is 1. The van der Waals surface area contributed by atoms with E-state index in [1.807, 2.05) is 13.0 Å². The summed E-state index contributed by atoms with van der Waals surface area (Å²) in [6.07, 6.45) is 3.93. The summed E-state index contributed by atoms with van der Waals surface area (Å²) in [6, 6.07) is 6.24. The van der Waals surface area contributed by atoms with Crippen LogP contribution in [0.1, 0.15) is 30.7 Å². The molecule has 132 valence electrons. The third-order valence-corrected chi connectivity index (χ3v) is 5.29. The standard InChI is InChI=1S/C19H29N3O2/c1-14-6-4-9-17(20-14)12-22-10-15-7-5-8-16(11-22)19(15)24-13-18(23)21(2)3/h4,6,9,15-16,19H,5,7-8,10-13H2,1-3H3. The van der Waals surface area contributed by atoms with Crippen LogP contribution in [0.25, 0.3) is 0 Å². The second-order valence-electron chi connectivity index (χ2n) is 7.48. The molecule has 1 saturated heterocycles. The van der Waals surface area contributed by atoms with Crippen molar-refractivity contribution in [3.05, 3.63) is 29.6 Å². The molecular weight excluding hydrogens is 302 g/mol. The lowest BCUT2D eigenvalue weighted by molar-refractivity contribution is -0.144. The highest BCUT2D eigenvalue weighted by Crippen LogP contribution is 2.37. The lowest BCUT2D eigenvalue weighted by Gasteiger charge is -2.47. The number of aryl methyl sites for hydroxylation is 1. The molecule has 1 amide bonds. The quantitative estimate of drug-likeness (QED) is 0.829. The lowest BCUT2D eigenvalue weighted by atomic mass is 9.75. The average molecular weight is 331 g/mol. The van der Waals surface area contributed by atoms with E-state index in [0.717, 1.165) is 31.0 Å². The Morgan fingerprint density at radius 2 is 2.00 bits per heavy atom. The molecule has 2 unspecified atom stereocenters. The number of ether oxygens (including phenoxy) is 1. The molecule has 0 N–H and O–H groups in total. The topological polar surface area (TPSA) is 45.7 Å². The van der Waals surface area contributed by atoms with Gasteiger partial charge in [-0.1, -0.05) is 12.5 Å². The molecule has 24 heavy (non-hydrogen) atoms. The van der Waals surface area contributed by atoms with Crippen molar-refractivity contribution in [2.24, 2.45) is 11.8 Å². The molecule has 5 heteroatoms. The van der Waals surface area contributed by atoms with Crippen molar-refractivity contribution in [2.45, 2.75) is 38.8 Å². The Kier molecular flexibility index (Phi) is 5.51. The fourth-order valence-corrected chi connectivity index (χ4v) is 4.10. The van der Waals surface area contributed by atoms with Crippen LogP contribution in [0.2, 0.25) is 0 Å². The fraction of sp³-hybridized carbons (Fsp3) is 0.684. The summed E-state index contributed by atoms with van der Waals surface area (Å²) in [7, 11) is 3.56. The van der Waals surface area contributed by atoms with Crippen LogP contribution < -0.4 is 0 Å². The number of likely N-dealkylation sites (tertiary alicyclic amines) is 1. The lowest BCUT2D eigenvalue weighted by Crippen LogP contribution is -2.52. The van der Waals surface area contributed by atoms with Crippen LogP contribution in [0.5, 0.6) is 0 Å². The van der Waals surface area contributed by atoms with Gasteiger partial charge in [-0.3, -0.25) is 14.7 Å². The van der Waals surface area contributed by atoms with E-state index in [4.69, 9.17) is 4.74 Å². The highest BCUT2D eigenvalue weighted by Gasteiger charge is 2.40. The van der Waals surface area contributed by atoms with E-state index >= 15 is 0 Å². The first kappa shape index (κ1) is 17.4. The van der Waals surface area contributed by atoms with Gasteiger partial charge < -0.3 is 9.64 Å². The molecule has 0 radical (unpaired) electrons. The number of likely N-dealkylation sites (N-methyl/N-ethyl adjacent to an activating group) is 1. The molecule has 0 spiro atoms. The van der Waals surface area contributed by atoms with Crippen molar-refractivity contribution in [3.63, 3.8) is 0 Å². The first-order valence-corrected chi connectivity index (χ1v) is 8.99. The highest BCUT2D eigenvalue weighted by atomic mass is 16.5. The van der Waals surface area contributed by atoms with Crippen molar-refractivity contribution < 1.29 is 9.53 Å². The van der Waals surface area contributed by atoms with Crippen molar-refractivity contribution in [1.29, 1.82) is 0 Å². The Morgan fingerprint density at radius 1 is 1.29 bits per heavy atom. The largest absolute Gasteiger partial charge is 0.368 e. The number of piperidine rings is 1. The zero-order valence-corrected chi connectivity index (χ0v) is 15.1. The number of nitrogens with zero attached hydrogens (tertiary/aromatic N) is 3. The smallest absolute Gasteiger partial charge is 0.248 e. The second kappa shape index (κ2) is 7.62. The van der Waals surface area contributed by atoms with E-state index in [1.165, 1.54) is 19.3 Å². The number of amides is 1. The highest BCUT2D eigenvalue weighted by molar-refractivity contribution is 5.76. The minimum absolute atomic E-state index is 0.0551. The van der Waals surface area contributed by atoms with E-state index in [-0.39, 0.29) is 18.6 Å². The Labute approximate surface area is 145 Å². The van der Waals surface area contributed by atoms with Gasteiger partial charge >= 0.3 is 0 Å². The minimum atomic E-state index is 0.0551. The molecule has 2 bridgehead atoms. The van der Waals surface area contributed by atoms with Crippen LogP contribution in [0.4, 0.5) is 0 Å².